The molecule has 0 radical (unpaired) electrons. The smallest absolute Gasteiger partial charge is 0.232 e. The Bertz CT molecular complexity index is 396. The standard InChI is InChI=1S/C11H16BrN3O2/c1-17-9-8(12)6-13-10(15-9)14-7-11(2-3-11)4-5-16/h6,16H,2-5,7H2,1H3,(H,13,14,15). The molecule has 0 saturated heterocycles. The fourth-order valence-electron chi connectivity index (χ4n) is 1.78. The van der Waals surface area contributed by atoms with Gasteiger partial charge in [0.2, 0.25) is 11.8 Å². The van der Waals surface area contributed by atoms with Gasteiger partial charge in [0.05, 0.1) is 17.8 Å². The summed E-state index contributed by atoms with van der Waals surface area (Å²) in [5.74, 6) is 1.09. The van der Waals surface area contributed by atoms with E-state index >= 15 is 0 Å². The molecule has 1 saturated carbocycles. The minimum atomic E-state index is 0.242. The molecule has 2 rings (SSSR count). The molecule has 6 heteroatoms. The number of nitrogens with zero attached hydrogens (tertiary/aromatic N) is 2. The summed E-state index contributed by atoms with van der Waals surface area (Å²) in [5.41, 5.74) is 0.248. The summed E-state index contributed by atoms with van der Waals surface area (Å²) in [6.45, 7) is 1.05. The fraction of sp³-hybridized carbons (Fsp3) is 0.636. The summed E-state index contributed by atoms with van der Waals surface area (Å²) in [4.78, 5) is 8.39. The maximum atomic E-state index is 8.97. The summed E-state index contributed by atoms with van der Waals surface area (Å²) in [6.07, 6.45) is 4.83. The van der Waals surface area contributed by atoms with Crippen LogP contribution in [0.15, 0.2) is 10.7 Å². The first-order valence-electron chi connectivity index (χ1n) is 5.60. The van der Waals surface area contributed by atoms with E-state index in [0.717, 1.165) is 30.3 Å². The van der Waals surface area contributed by atoms with Crippen molar-refractivity contribution >= 4 is 21.9 Å². The average Bonchev–Trinajstić information content (AvgIpc) is 3.09. The maximum absolute atomic E-state index is 8.97. The highest BCUT2D eigenvalue weighted by Crippen LogP contribution is 2.48. The van der Waals surface area contributed by atoms with Gasteiger partial charge >= 0.3 is 0 Å². The quantitative estimate of drug-likeness (QED) is 0.839. The van der Waals surface area contributed by atoms with Crippen molar-refractivity contribution in [2.24, 2.45) is 5.41 Å². The van der Waals surface area contributed by atoms with E-state index < -0.39 is 0 Å². The van der Waals surface area contributed by atoms with E-state index in [-0.39, 0.29) is 12.0 Å². The van der Waals surface area contributed by atoms with Gasteiger partial charge in [-0.15, -0.1) is 0 Å². The van der Waals surface area contributed by atoms with Gasteiger partial charge in [-0.25, -0.2) is 4.98 Å². The van der Waals surface area contributed by atoms with Crippen LogP contribution in [0.25, 0.3) is 0 Å². The molecular formula is C11H16BrN3O2. The number of aromatic nitrogens is 2. The van der Waals surface area contributed by atoms with Gasteiger partial charge in [-0.1, -0.05) is 0 Å². The molecule has 1 aliphatic carbocycles. The van der Waals surface area contributed by atoms with Crippen LogP contribution >= 0.6 is 15.9 Å². The van der Waals surface area contributed by atoms with Gasteiger partial charge in [-0.3, -0.25) is 0 Å². The van der Waals surface area contributed by atoms with Crippen LogP contribution in [0.3, 0.4) is 0 Å². The Morgan fingerprint density at radius 2 is 2.35 bits per heavy atom. The minimum absolute atomic E-state index is 0.242. The number of anilines is 1. The van der Waals surface area contributed by atoms with Gasteiger partial charge in [-0.05, 0) is 40.6 Å². The van der Waals surface area contributed by atoms with Crippen molar-refractivity contribution in [2.45, 2.75) is 19.3 Å². The van der Waals surface area contributed by atoms with Crippen LogP contribution in [0.4, 0.5) is 5.95 Å². The summed E-state index contributed by atoms with van der Waals surface area (Å²) in [6, 6.07) is 0. The highest BCUT2D eigenvalue weighted by atomic mass is 79.9. The molecule has 0 amide bonds. The number of aliphatic hydroxyl groups excluding tert-OH is 1. The number of halogens is 1. The van der Waals surface area contributed by atoms with Gasteiger partial charge < -0.3 is 15.2 Å². The van der Waals surface area contributed by atoms with Crippen LogP contribution in [0, 0.1) is 5.41 Å². The highest BCUT2D eigenvalue weighted by molar-refractivity contribution is 9.10. The minimum Gasteiger partial charge on any atom is -0.480 e. The molecule has 0 atom stereocenters. The Kier molecular flexibility index (Phi) is 3.83. The normalized spacial score (nSPS) is 16.6. The number of aliphatic hydroxyl groups is 1. The number of nitrogens with one attached hydrogen (secondary N) is 1. The first-order valence-corrected chi connectivity index (χ1v) is 6.40. The van der Waals surface area contributed by atoms with Crippen LogP contribution in [-0.2, 0) is 0 Å². The van der Waals surface area contributed by atoms with E-state index in [2.05, 4.69) is 31.2 Å². The third kappa shape index (κ3) is 3.07. The van der Waals surface area contributed by atoms with Gasteiger partial charge in [0.1, 0.15) is 0 Å². The molecule has 2 N–H and O–H groups in total. The second-order valence-electron chi connectivity index (χ2n) is 4.38. The lowest BCUT2D eigenvalue weighted by Gasteiger charge is -2.14. The zero-order valence-electron chi connectivity index (χ0n) is 9.74. The van der Waals surface area contributed by atoms with Crippen molar-refractivity contribution in [1.82, 2.24) is 9.97 Å². The monoisotopic (exact) mass is 301 g/mol. The molecule has 1 aromatic heterocycles. The molecule has 94 valence electrons. The van der Waals surface area contributed by atoms with Crippen molar-refractivity contribution in [2.75, 3.05) is 25.6 Å². The van der Waals surface area contributed by atoms with Gasteiger partial charge in [-0.2, -0.15) is 4.98 Å². The molecule has 0 spiro atoms. The predicted molar refractivity (Wildman–Crippen MR) is 68.1 cm³/mol. The number of hydrogen-bond acceptors (Lipinski definition) is 5. The zero-order chi connectivity index (χ0) is 12.3. The SMILES string of the molecule is COc1nc(NCC2(CCO)CC2)ncc1Br. The third-order valence-electron chi connectivity index (χ3n) is 3.13. The topological polar surface area (TPSA) is 67.3 Å². The zero-order valence-corrected chi connectivity index (χ0v) is 11.3. The number of hydrogen-bond donors (Lipinski definition) is 2. The first-order chi connectivity index (χ1) is 8.19. The second kappa shape index (κ2) is 5.18. The van der Waals surface area contributed by atoms with Crippen molar-refractivity contribution < 1.29 is 9.84 Å². The van der Waals surface area contributed by atoms with Crippen molar-refractivity contribution in [3.8, 4) is 5.88 Å². The van der Waals surface area contributed by atoms with E-state index in [9.17, 15) is 0 Å². The van der Waals surface area contributed by atoms with Crippen molar-refractivity contribution in [3.63, 3.8) is 0 Å². The van der Waals surface area contributed by atoms with Crippen LogP contribution < -0.4 is 10.1 Å². The molecular weight excluding hydrogens is 286 g/mol. The fourth-order valence-corrected chi connectivity index (χ4v) is 2.13. The van der Waals surface area contributed by atoms with E-state index in [0.29, 0.717) is 11.8 Å². The summed E-state index contributed by atoms with van der Waals surface area (Å²) >= 11 is 3.31. The van der Waals surface area contributed by atoms with Gasteiger partial charge in [0, 0.05) is 13.2 Å². The average molecular weight is 302 g/mol. The van der Waals surface area contributed by atoms with E-state index in [4.69, 9.17) is 9.84 Å². The lowest BCUT2D eigenvalue weighted by molar-refractivity contribution is 0.253. The molecule has 1 heterocycles. The maximum Gasteiger partial charge on any atom is 0.232 e. The van der Waals surface area contributed by atoms with Crippen molar-refractivity contribution in [1.29, 1.82) is 0 Å². The Balaban J connectivity index is 1.95. The second-order valence-corrected chi connectivity index (χ2v) is 5.23. The molecule has 0 aliphatic heterocycles. The first kappa shape index (κ1) is 12.6. The molecule has 0 aromatic carbocycles. The van der Waals surface area contributed by atoms with Crippen LogP contribution in [0.1, 0.15) is 19.3 Å². The predicted octanol–water partition coefficient (Wildman–Crippen LogP) is 1.82. The number of rotatable bonds is 6. The molecule has 17 heavy (non-hydrogen) atoms. The van der Waals surface area contributed by atoms with E-state index in [1.165, 1.54) is 0 Å². The van der Waals surface area contributed by atoms with Crippen LogP contribution in [-0.4, -0.2) is 35.3 Å². The number of ether oxygens (including phenoxy) is 1. The molecule has 0 bridgehead atoms. The Hall–Kier alpha value is -0.880. The Morgan fingerprint density at radius 1 is 1.59 bits per heavy atom. The van der Waals surface area contributed by atoms with Crippen LogP contribution in [0.2, 0.25) is 0 Å². The van der Waals surface area contributed by atoms with E-state index in [1.54, 1.807) is 13.3 Å². The third-order valence-corrected chi connectivity index (χ3v) is 3.67. The van der Waals surface area contributed by atoms with Gasteiger partial charge in [0.15, 0.2) is 0 Å². The summed E-state index contributed by atoms with van der Waals surface area (Å²) < 4.78 is 5.84. The van der Waals surface area contributed by atoms with E-state index in [1.807, 2.05) is 0 Å². The lowest BCUT2D eigenvalue weighted by Crippen LogP contribution is -2.18. The number of methoxy groups -OCH3 is 1. The van der Waals surface area contributed by atoms with Crippen molar-refractivity contribution in [3.05, 3.63) is 10.7 Å². The Morgan fingerprint density at radius 3 is 2.94 bits per heavy atom. The Labute approximate surface area is 109 Å². The molecule has 1 fully saturated rings. The molecule has 1 aliphatic rings. The highest BCUT2D eigenvalue weighted by Gasteiger charge is 2.41. The largest absolute Gasteiger partial charge is 0.480 e. The lowest BCUT2D eigenvalue weighted by atomic mass is 10.0. The van der Waals surface area contributed by atoms with Crippen LogP contribution in [0.5, 0.6) is 5.88 Å². The molecule has 0 unspecified atom stereocenters. The summed E-state index contributed by atoms with van der Waals surface area (Å²) in [7, 11) is 1.57. The van der Waals surface area contributed by atoms with Gasteiger partial charge in [0.25, 0.3) is 0 Å². The molecule has 5 nitrogen and oxygen atoms in total. The summed E-state index contributed by atoms with van der Waals surface area (Å²) in [5, 5.41) is 12.2. The molecule has 1 aromatic rings.